The number of rotatable bonds is 25. The van der Waals surface area contributed by atoms with Crippen molar-refractivity contribution < 1.29 is 98.3 Å². The number of hydrogen-bond donors (Lipinski definition) is 5. The van der Waals surface area contributed by atoms with Gasteiger partial charge in [-0.2, -0.15) is 26.3 Å². The number of alkyl carbamates (subject to hydrolysis) is 2. The van der Waals surface area contributed by atoms with Gasteiger partial charge in [-0.3, -0.25) is 33.7 Å². The molecule has 8 aliphatic rings. The van der Waals surface area contributed by atoms with Crippen molar-refractivity contribution >= 4 is 72.0 Å². The maximum Gasteiger partial charge on any atom is 0.471 e. The lowest BCUT2D eigenvalue weighted by Crippen LogP contribution is -2.64. The zero-order valence-electron chi connectivity index (χ0n) is 70.2. The van der Waals surface area contributed by atoms with Crippen LogP contribution < -0.4 is 21.3 Å². The van der Waals surface area contributed by atoms with Gasteiger partial charge in [0.1, 0.15) is 48.0 Å². The van der Waals surface area contributed by atoms with Crippen molar-refractivity contribution in [1.29, 1.82) is 0 Å². The smallest absolute Gasteiger partial charge is 0.471 e. The Balaban J connectivity index is 0.000000185. The van der Waals surface area contributed by atoms with Crippen LogP contribution in [-0.2, 0) is 96.7 Å². The van der Waals surface area contributed by atoms with E-state index < -0.39 is 82.0 Å². The van der Waals surface area contributed by atoms with Gasteiger partial charge in [-0.05, 0) is 142 Å². The fraction of sp³-hybridized carbons (Fsp3) is 0.495. The molecule has 0 radical (unpaired) electrons. The van der Waals surface area contributed by atoms with E-state index in [4.69, 9.17) is 24.1 Å². The third kappa shape index (κ3) is 26.7. The molecule has 7 amide bonds. The summed E-state index contributed by atoms with van der Waals surface area (Å²) >= 11 is 0. The second-order valence-electron chi connectivity index (χ2n) is 32.0. The predicted molar refractivity (Wildman–Crippen MR) is 445 cm³/mol. The van der Waals surface area contributed by atoms with Gasteiger partial charge < -0.3 is 64.9 Å². The fourth-order valence-electron chi connectivity index (χ4n) is 15.2. The number of piperazine rings is 2. The summed E-state index contributed by atoms with van der Waals surface area (Å²) in [6, 6.07) is 56.4. The standard InChI is InChI=1S/C24H28N2O5.C17H21F3N2O.C15H18N2O2.C12H13NO4.C12H17NO2.C11H16F3NO.ClH/c1-3-20(21(27)30-2)26(16-18-10-6-4-7-11-18)22(28)24(14-15-24)25-23(29)31-17-19-12-8-5-9-13-19;1-2-14-11-22(15(23)17(18,19)20)16(8-9-16)12-21(14)10-13-6-4-3-5-7-13;1-2-12-13(18)16-15(8-9-15)14(19)17(12)10-11-6-4-3-5-7-11;14-10(15)12(6-7-12)13-11(16)17-8-9-4-2-1-3-5-9;1-3-11(12(14)15-2)13-9-10-7-5-4-6-8-10;1-2-8-3-4-10(5-6-10)15(7-8)9(16)11(12,13)14;/h4-13,20H,3,14-17H2,1-2H3,(H,25,29);3-7,14H,2,8-12H2,1H3;3-7,12H,2,8-10H2,1H3,(H,16,18);1-5H,6-8H2,(H,13,16)(H,14,15);4-8,11,13H,3,9H2,1-2H3;8H,2-7H2,1H3;1H/t20-;14-;12-;;11-;8-;/m111.10./s1. The number of aliphatic carboxylic acids is 1. The molecule has 31 heteroatoms. The Morgan fingerprint density at radius 1 is 0.516 bits per heavy atom. The lowest BCUT2D eigenvalue weighted by Gasteiger charge is -2.47. The Hall–Kier alpha value is -10.6. The van der Waals surface area contributed by atoms with Crippen molar-refractivity contribution in [3.8, 4) is 0 Å². The number of methoxy groups -OCH3 is 2. The number of alkyl halides is 6. The van der Waals surface area contributed by atoms with Crippen LogP contribution >= 0.6 is 12.4 Å². The van der Waals surface area contributed by atoms with Gasteiger partial charge in [0.25, 0.3) is 0 Å². The van der Waals surface area contributed by atoms with Gasteiger partial charge in [0.2, 0.25) is 17.7 Å². The number of hydrogen-bond acceptors (Lipinski definition) is 16. The molecule has 3 heterocycles. The van der Waals surface area contributed by atoms with Crippen molar-refractivity contribution in [2.24, 2.45) is 5.92 Å². The number of halogens is 7. The lowest BCUT2D eigenvalue weighted by atomic mass is 9.89. The average molecular weight is 1720 g/mol. The van der Waals surface area contributed by atoms with E-state index in [0.717, 1.165) is 102 Å². The first-order valence-electron chi connectivity index (χ1n) is 41.5. The van der Waals surface area contributed by atoms with E-state index in [1.54, 1.807) is 4.90 Å². The molecule has 5 aliphatic carbocycles. The van der Waals surface area contributed by atoms with Crippen LogP contribution in [0.1, 0.15) is 177 Å². The lowest BCUT2D eigenvalue weighted by molar-refractivity contribution is -0.193. The number of carbonyl (C=O) groups is 10. The van der Waals surface area contributed by atoms with Crippen LogP contribution in [0.3, 0.4) is 0 Å². The molecule has 6 aromatic rings. The van der Waals surface area contributed by atoms with E-state index in [9.17, 15) is 74.3 Å². The third-order valence-corrected chi connectivity index (χ3v) is 23.4. The maximum absolute atomic E-state index is 13.5. The number of esters is 2. The number of likely N-dealkylation sites (tertiary alicyclic amines) is 1. The van der Waals surface area contributed by atoms with Gasteiger partial charge in [0.15, 0.2) is 0 Å². The Labute approximate surface area is 715 Å². The minimum Gasteiger partial charge on any atom is -0.480 e. The van der Waals surface area contributed by atoms with Gasteiger partial charge in [0.05, 0.1) is 19.8 Å². The molecule has 5 saturated carbocycles. The molecule has 3 saturated heterocycles. The molecule has 24 nitrogen and oxygen atoms in total. The summed E-state index contributed by atoms with van der Waals surface area (Å²) in [5, 5.41) is 20.0. The highest BCUT2D eigenvalue weighted by atomic mass is 35.5. The van der Waals surface area contributed by atoms with Gasteiger partial charge in [-0.15, -0.1) is 12.4 Å². The van der Waals surface area contributed by atoms with E-state index in [2.05, 4.69) is 26.2 Å². The van der Waals surface area contributed by atoms with Crippen molar-refractivity contribution in [1.82, 2.24) is 45.8 Å². The Kier molecular flexibility index (Phi) is 34.9. The molecule has 3 aliphatic heterocycles. The summed E-state index contributed by atoms with van der Waals surface area (Å²) in [5.41, 5.74) is 2.25. The van der Waals surface area contributed by atoms with Gasteiger partial charge in [-0.1, -0.05) is 223 Å². The second kappa shape index (κ2) is 44.0. The molecule has 0 unspecified atom stereocenters. The predicted octanol–water partition coefficient (Wildman–Crippen LogP) is 14.5. The molecular formula is C91H114ClF6N9O15. The minimum atomic E-state index is -4.78. The Morgan fingerprint density at radius 2 is 0.951 bits per heavy atom. The molecule has 0 bridgehead atoms. The van der Waals surface area contributed by atoms with Crippen LogP contribution in [0.15, 0.2) is 182 Å². The van der Waals surface area contributed by atoms with Crippen molar-refractivity contribution in [3.63, 3.8) is 0 Å². The SMILES string of the molecule is CC[C@@H](NCc1ccccc1)C(=O)OC.CC[C@@H]1C(=O)NC2(CC2)C(=O)N1Cc1ccccc1.CC[C@@H]1CN(C(=O)C(F)(F)F)C2(CC2)CN1Cc1ccccc1.CC[C@H](C(=O)OC)N(Cc1ccccc1)C(=O)C1(NC(=O)OCc2ccccc2)CC1.CC[C@H]1CCC2(CC2)N(C(=O)C(F)(F)F)C1.Cl.O=C(NC1(C(=O)O)CC1)OCc1ccccc1. The molecule has 8 fully saturated rings. The topological polar surface area (TPSA) is 292 Å². The summed E-state index contributed by atoms with van der Waals surface area (Å²) in [6.45, 7) is 13.1. The minimum absolute atomic E-state index is 0. The number of ether oxygens (including phenoxy) is 4. The van der Waals surface area contributed by atoms with Crippen LogP contribution in [0.25, 0.3) is 0 Å². The highest BCUT2D eigenvalue weighted by molar-refractivity contribution is 6.02. The van der Waals surface area contributed by atoms with Crippen molar-refractivity contribution in [3.05, 3.63) is 215 Å². The first-order valence-corrected chi connectivity index (χ1v) is 41.5. The number of amides is 7. The number of nitrogens with zero attached hydrogens (tertiary/aromatic N) is 5. The molecule has 662 valence electrons. The van der Waals surface area contributed by atoms with Gasteiger partial charge in [-0.25, -0.2) is 19.2 Å². The van der Waals surface area contributed by atoms with E-state index in [0.29, 0.717) is 71.0 Å². The average Bonchev–Trinajstić information content (AvgIpc) is 1.61. The molecule has 14 rings (SSSR count). The molecule has 0 aromatic heterocycles. The highest BCUT2D eigenvalue weighted by Gasteiger charge is 2.62. The normalized spacial score (nSPS) is 19.5. The quantitative estimate of drug-likeness (QED) is 0.0202. The first-order chi connectivity index (χ1) is 57.8. The Bertz CT molecular complexity index is 4410. The summed E-state index contributed by atoms with van der Waals surface area (Å²) in [4.78, 5) is 127. The fourth-order valence-corrected chi connectivity index (χ4v) is 15.2. The molecule has 5 atom stereocenters. The number of nitrogens with one attached hydrogen (secondary N) is 4. The molecular weight excluding hydrogens is 1610 g/mol. The van der Waals surface area contributed by atoms with Crippen LogP contribution in [0.4, 0.5) is 35.9 Å². The zero-order valence-corrected chi connectivity index (χ0v) is 71.0. The zero-order chi connectivity index (χ0) is 87.8. The maximum atomic E-state index is 13.5. The van der Waals surface area contributed by atoms with Crippen molar-refractivity contribution in [2.45, 2.75) is 247 Å². The van der Waals surface area contributed by atoms with E-state index in [1.165, 1.54) is 24.7 Å². The number of piperidine rings is 1. The number of carboxylic acid groups (broad SMARTS) is 1. The number of carbonyl (C=O) groups excluding carboxylic acids is 9. The number of carboxylic acids is 1. The van der Waals surface area contributed by atoms with Gasteiger partial charge >= 0.3 is 54.3 Å². The van der Waals surface area contributed by atoms with Gasteiger partial charge in [0, 0.05) is 57.4 Å². The largest absolute Gasteiger partial charge is 0.480 e. The van der Waals surface area contributed by atoms with Crippen LogP contribution in [0.5, 0.6) is 0 Å². The summed E-state index contributed by atoms with van der Waals surface area (Å²) in [7, 11) is 2.72. The van der Waals surface area contributed by atoms with E-state index in [-0.39, 0.29) is 93.0 Å². The monoisotopic (exact) mass is 1720 g/mol. The van der Waals surface area contributed by atoms with Crippen LogP contribution in [0.2, 0.25) is 0 Å². The summed E-state index contributed by atoms with van der Waals surface area (Å²) < 4.78 is 95.8. The third-order valence-electron chi connectivity index (χ3n) is 23.4. The second-order valence-corrected chi connectivity index (χ2v) is 32.0. The molecule has 5 N–H and O–H groups in total. The highest BCUT2D eigenvalue weighted by Crippen LogP contribution is 2.52. The van der Waals surface area contributed by atoms with Crippen LogP contribution in [0, 0.1) is 5.92 Å². The number of benzene rings is 6. The van der Waals surface area contributed by atoms with Crippen LogP contribution in [-0.4, -0.2) is 187 Å². The van der Waals surface area contributed by atoms with Crippen molar-refractivity contribution in [2.75, 3.05) is 33.9 Å². The first kappa shape index (κ1) is 96.9. The molecule has 6 aromatic carbocycles. The summed E-state index contributed by atoms with van der Waals surface area (Å²) in [5.74, 6) is -4.98. The molecule has 3 spiro atoms. The Morgan fingerprint density at radius 3 is 1.34 bits per heavy atom. The van der Waals surface area contributed by atoms with E-state index >= 15 is 0 Å². The summed E-state index contributed by atoms with van der Waals surface area (Å²) in [6.07, 6.45) is 0.501. The van der Waals surface area contributed by atoms with E-state index in [1.807, 2.05) is 217 Å². The molecule has 122 heavy (non-hydrogen) atoms.